The number of halogens is 1. The normalized spacial score (nSPS) is 12.2. The van der Waals surface area contributed by atoms with Gasteiger partial charge in [0.1, 0.15) is 12.3 Å². The standard InChI is InChI=1S/C18H16ClN3O6S2/c1-27-17(24)9-22-14-7-6-13(30(20,25)26)8-15(14)29-18(22)21-16(23)10-28-12-4-2-11(19)3-5-12/h2-8H,9-10H2,1H3,(H2,20,25,26). The summed E-state index contributed by atoms with van der Waals surface area (Å²) < 4.78 is 35.2. The highest BCUT2D eigenvalue weighted by molar-refractivity contribution is 7.89. The summed E-state index contributed by atoms with van der Waals surface area (Å²) in [6.07, 6.45) is 0. The van der Waals surface area contributed by atoms with Crippen LogP contribution < -0.4 is 14.7 Å². The summed E-state index contributed by atoms with van der Waals surface area (Å²) >= 11 is 6.84. The number of aromatic nitrogens is 1. The van der Waals surface area contributed by atoms with Crippen LogP contribution in [0.4, 0.5) is 0 Å². The smallest absolute Gasteiger partial charge is 0.325 e. The van der Waals surface area contributed by atoms with Crippen molar-refractivity contribution in [1.82, 2.24) is 4.57 Å². The minimum Gasteiger partial charge on any atom is -0.484 e. The Balaban J connectivity index is 1.96. The van der Waals surface area contributed by atoms with Gasteiger partial charge < -0.3 is 14.0 Å². The van der Waals surface area contributed by atoms with E-state index >= 15 is 0 Å². The molecule has 1 heterocycles. The number of fused-ring (bicyclic) bond motifs is 1. The monoisotopic (exact) mass is 469 g/mol. The zero-order valence-corrected chi connectivity index (χ0v) is 18.0. The first kappa shape index (κ1) is 22.0. The Labute approximate surface area is 180 Å². The van der Waals surface area contributed by atoms with Gasteiger partial charge in [-0.1, -0.05) is 22.9 Å². The van der Waals surface area contributed by atoms with Gasteiger partial charge in [-0.15, -0.1) is 0 Å². The largest absolute Gasteiger partial charge is 0.484 e. The van der Waals surface area contributed by atoms with E-state index in [4.69, 9.17) is 26.2 Å². The Morgan fingerprint density at radius 2 is 1.90 bits per heavy atom. The van der Waals surface area contributed by atoms with Gasteiger partial charge in [-0.25, -0.2) is 13.6 Å². The Morgan fingerprint density at radius 3 is 2.53 bits per heavy atom. The zero-order chi connectivity index (χ0) is 21.9. The number of primary sulfonamides is 1. The highest BCUT2D eigenvalue weighted by Crippen LogP contribution is 2.21. The van der Waals surface area contributed by atoms with Crippen molar-refractivity contribution in [3.63, 3.8) is 0 Å². The zero-order valence-electron chi connectivity index (χ0n) is 15.6. The fraction of sp³-hybridized carbons (Fsp3) is 0.167. The van der Waals surface area contributed by atoms with Crippen LogP contribution in [0.2, 0.25) is 5.02 Å². The van der Waals surface area contributed by atoms with Crippen LogP contribution in [-0.2, 0) is 30.9 Å². The lowest BCUT2D eigenvalue weighted by Crippen LogP contribution is -2.23. The summed E-state index contributed by atoms with van der Waals surface area (Å²) in [6.45, 7) is -0.550. The molecule has 0 unspecified atom stereocenters. The van der Waals surface area contributed by atoms with Crippen LogP contribution in [0.3, 0.4) is 0 Å². The molecule has 12 heteroatoms. The number of hydrogen-bond acceptors (Lipinski definition) is 7. The highest BCUT2D eigenvalue weighted by Gasteiger charge is 2.15. The first-order chi connectivity index (χ1) is 14.2. The highest BCUT2D eigenvalue weighted by atomic mass is 35.5. The van der Waals surface area contributed by atoms with Crippen molar-refractivity contribution in [3.05, 3.63) is 52.3 Å². The van der Waals surface area contributed by atoms with Crippen LogP contribution in [0.25, 0.3) is 10.2 Å². The molecule has 0 bridgehead atoms. The Hall–Kier alpha value is -2.73. The van der Waals surface area contributed by atoms with Gasteiger partial charge in [0.15, 0.2) is 11.4 Å². The molecule has 2 aromatic carbocycles. The topological polar surface area (TPSA) is 130 Å². The molecule has 0 aliphatic heterocycles. The third-order valence-corrected chi connectivity index (χ3v) is 6.10. The summed E-state index contributed by atoms with van der Waals surface area (Å²) in [6, 6.07) is 10.6. The molecule has 2 N–H and O–H groups in total. The number of nitrogens with zero attached hydrogens (tertiary/aromatic N) is 2. The van der Waals surface area contributed by atoms with E-state index in [1.165, 1.54) is 29.9 Å². The first-order valence-corrected chi connectivity index (χ1v) is 11.1. The van der Waals surface area contributed by atoms with Gasteiger partial charge in [-0.05, 0) is 42.5 Å². The van der Waals surface area contributed by atoms with Crippen molar-refractivity contribution >= 4 is 55.1 Å². The number of ether oxygens (including phenoxy) is 2. The number of esters is 1. The average Bonchev–Trinajstić information content (AvgIpc) is 3.03. The molecule has 0 fully saturated rings. The van der Waals surface area contributed by atoms with E-state index in [0.29, 0.717) is 21.0 Å². The fourth-order valence-corrected chi connectivity index (χ4v) is 4.30. The van der Waals surface area contributed by atoms with E-state index in [9.17, 15) is 18.0 Å². The molecule has 0 saturated heterocycles. The first-order valence-electron chi connectivity index (χ1n) is 8.36. The van der Waals surface area contributed by atoms with E-state index in [2.05, 4.69) is 4.99 Å². The van der Waals surface area contributed by atoms with Crippen LogP contribution in [0.1, 0.15) is 0 Å². The van der Waals surface area contributed by atoms with Crippen molar-refractivity contribution < 1.29 is 27.5 Å². The number of carbonyl (C=O) groups excluding carboxylic acids is 2. The predicted octanol–water partition coefficient (Wildman–Crippen LogP) is 1.68. The molecule has 0 saturated carbocycles. The van der Waals surface area contributed by atoms with Gasteiger partial charge in [0.05, 0.1) is 22.2 Å². The summed E-state index contributed by atoms with van der Waals surface area (Å²) in [7, 11) is -2.68. The third kappa shape index (κ3) is 5.25. The van der Waals surface area contributed by atoms with Gasteiger partial charge in [-0.3, -0.25) is 9.59 Å². The molecule has 3 rings (SSSR count). The van der Waals surface area contributed by atoms with Crippen molar-refractivity contribution in [2.75, 3.05) is 13.7 Å². The molecule has 0 aliphatic rings. The third-order valence-electron chi connectivity index (χ3n) is 3.89. The Bertz CT molecular complexity index is 1280. The van der Waals surface area contributed by atoms with Crippen LogP contribution in [-0.4, -0.2) is 38.6 Å². The van der Waals surface area contributed by atoms with Crippen molar-refractivity contribution in [3.8, 4) is 5.75 Å². The molecule has 30 heavy (non-hydrogen) atoms. The molecule has 158 valence electrons. The van der Waals surface area contributed by atoms with Crippen LogP contribution >= 0.6 is 22.9 Å². The van der Waals surface area contributed by atoms with Crippen molar-refractivity contribution in [2.24, 2.45) is 10.1 Å². The second kappa shape index (κ2) is 8.96. The molecule has 0 atom stereocenters. The molecule has 0 spiro atoms. The Morgan fingerprint density at radius 1 is 1.20 bits per heavy atom. The maximum absolute atomic E-state index is 12.3. The molecule has 1 amide bonds. The van der Waals surface area contributed by atoms with Crippen LogP contribution in [0.15, 0.2) is 52.4 Å². The van der Waals surface area contributed by atoms with E-state index < -0.39 is 21.9 Å². The number of thiazole rings is 1. The van der Waals surface area contributed by atoms with Gasteiger partial charge in [0, 0.05) is 5.02 Å². The number of rotatable bonds is 6. The average molecular weight is 470 g/mol. The number of benzene rings is 2. The predicted molar refractivity (Wildman–Crippen MR) is 111 cm³/mol. The van der Waals surface area contributed by atoms with Crippen molar-refractivity contribution in [2.45, 2.75) is 11.4 Å². The number of methoxy groups -OCH3 is 1. The van der Waals surface area contributed by atoms with Crippen LogP contribution in [0.5, 0.6) is 5.75 Å². The van der Waals surface area contributed by atoms with E-state index in [1.807, 2.05) is 0 Å². The molecule has 9 nitrogen and oxygen atoms in total. The van der Waals surface area contributed by atoms with E-state index in [-0.39, 0.29) is 22.8 Å². The number of hydrogen-bond donors (Lipinski definition) is 1. The summed E-state index contributed by atoms with van der Waals surface area (Å²) in [5, 5.41) is 5.71. The lowest BCUT2D eigenvalue weighted by molar-refractivity contribution is -0.141. The number of sulfonamides is 1. The van der Waals surface area contributed by atoms with Gasteiger partial charge in [0.2, 0.25) is 10.0 Å². The fourth-order valence-electron chi connectivity index (χ4n) is 2.48. The van der Waals surface area contributed by atoms with Gasteiger partial charge in [-0.2, -0.15) is 4.99 Å². The van der Waals surface area contributed by atoms with Crippen molar-refractivity contribution in [1.29, 1.82) is 0 Å². The summed E-state index contributed by atoms with van der Waals surface area (Å²) in [5.74, 6) is -0.710. The second-order valence-electron chi connectivity index (χ2n) is 5.97. The Kier molecular flexibility index (Phi) is 6.56. The minimum atomic E-state index is -3.91. The number of nitrogens with two attached hydrogens (primary N) is 1. The lowest BCUT2D eigenvalue weighted by atomic mass is 10.3. The van der Waals surface area contributed by atoms with Gasteiger partial charge >= 0.3 is 5.97 Å². The molecule has 3 aromatic rings. The lowest BCUT2D eigenvalue weighted by Gasteiger charge is -2.05. The molecule has 0 aliphatic carbocycles. The summed E-state index contributed by atoms with van der Waals surface area (Å²) in [5.41, 5.74) is 0.503. The van der Waals surface area contributed by atoms with E-state index in [1.54, 1.807) is 24.3 Å². The molecular formula is C18H16ClN3O6S2. The van der Waals surface area contributed by atoms with E-state index in [0.717, 1.165) is 11.3 Å². The maximum atomic E-state index is 12.3. The second-order valence-corrected chi connectivity index (χ2v) is 8.98. The summed E-state index contributed by atoms with van der Waals surface area (Å²) in [4.78, 5) is 28.2. The minimum absolute atomic E-state index is 0.0922. The maximum Gasteiger partial charge on any atom is 0.325 e. The quantitative estimate of drug-likeness (QED) is 0.546. The van der Waals surface area contributed by atoms with Gasteiger partial charge in [0.25, 0.3) is 5.91 Å². The SMILES string of the molecule is COC(=O)Cn1c(=NC(=O)COc2ccc(Cl)cc2)sc2cc(S(N)(=O)=O)ccc21. The number of amides is 1. The number of carbonyl (C=O) groups is 2. The molecule has 0 radical (unpaired) electrons. The van der Waals surface area contributed by atoms with Crippen LogP contribution in [0, 0.1) is 0 Å². The molecule has 1 aromatic heterocycles. The molecular weight excluding hydrogens is 454 g/mol.